The van der Waals surface area contributed by atoms with E-state index in [9.17, 15) is 14.4 Å². The maximum Gasteiger partial charge on any atom is 0.341 e. The molecule has 0 saturated carbocycles. The second kappa shape index (κ2) is 11.4. The van der Waals surface area contributed by atoms with E-state index < -0.39 is 24.5 Å². The molecule has 0 bridgehead atoms. The number of benzene rings is 2. The summed E-state index contributed by atoms with van der Waals surface area (Å²) in [7, 11) is 0. The van der Waals surface area contributed by atoms with Crippen LogP contribution in [0.5, 0.6) is 0 Å². The number of hydrogen-bond donors (Lipinski definition) is 1. The van der Waals surface area contributed by atoms with Crippen LogP contribution in [-0.2, 0) is 19.1 Å². The van der Waals surface area contributed by atoms with Crippen molar-refractivity contribution in [2.24, 2.45) is 0 Å². The monoisotopic (exact) mass is 483 g/mol. The van der Waals surface area contributed by atoms with Crippen LogP contribution in [0.3, 0.4) is 0 Å². The molecule has 0 aliphatic rings. The zero-order valence-electron chi connectivity index (χ0n) is 18.1. The molecule has 1 aromatic heterocycles. The highest BCUT2D eigenvalue weighted by molar-refractivity contribution is 7.15. The third kappa shape index (κ3) is 6.78. The standard InChI is InChI=1S/C25H22ClNO5S/c1-3-31-25(30)23-20(18-9-11-19(26)12-10-18)15-33-24(23)27-21(28)14-32-22(29)13-8-17-6-4-16(2)5-7-17/h4-13,15H,3,14H2,1-2H3,(H,27,28)/b13-8+. The van der Waals surface area contributed by atoms with E-state index in [1.54, 1.807) is 42.6 Å². The normalized spacial score (nSPS) is 10.8. The van der Waals surface area contributed by atoms with E-state index in [0.717, 1.165) is 16.7 Å². The number of carbonyl (C=O) groups is 3. The summed E-state index contributed by atoms with van der Waals surface area (Å²) < 4.78 is 10.2. The lowest BCUT2D eigenvalue weighted by Gasteiger charge is -2.09. The van der Waals surface area contributed by atoms with Crippen LogP contribution in [0.2, 0.25) is 5.02 Å². The molecule has 6 nitrogen and oxygen atoms in total. The number of thiophene rings is 1. The van der Waals surface area contributed by atoms with Crippen molar-refractivity contribution in [1.82, 2.24) is 0 Å². The highest BCUT2D eigenvalue weighted by Crippen LogP contribution is 2.36. The highest BCUT2D eigenvalue weighted by atomic mass is 35.5. The summed E-state index contributed by atoms with van der Waals surface area (Å²) >= 11 is 7.14. The summed E-state index contributed by atoms with van der Waals surface area (Å²) in [5, 5.41) is 5.27. The van der Waals surface area contributed by atoms with Gasteiger partial charge in [0, 0.05) is 22.0 Å². The molecular weight excluding hydrogens is 462 g/mol. The number of rotatable bonds is 8. The number of halogens is 1. The van der Waals surface area contributed by atoms with Gasteiger partial charge in [-0.2, -0.15) is 0 Å². The first-order chi connectivity index (χ1) is 15.9. The zero-order chi connectivity index (χ0) is 23.8. The number of amides is 1. The fourth-order valence-corrected chi connectivity index (χ4v) is 3.99. The zero-order valence-corrected chi connectivity index (χ0v) is 19.7. The molecule has 170 valence electrons. The number of hydrogen-bond acceptors (Lipinski definition) is 6. The molecule has 33 heavy (non-hydrogen) atoms. The van der Waals surface area contributed by atoms with E-state index in [1.807, 2.05) is 31.2 Å². The average Bonchev–Trinajstić information content (AvgIpc) is 3.21. The van der Waals surface area contributed by atoms with Gasteiger partial charge >= 0.3 is 11.9 Å². The van der Waals surface area contributed by atoms with Crippen LogP contribution in [-0.4, -0.2) is 31.1 Å². The molecule has 0 aliphatic carbocycles. The Hall–Kier alpha value is -3.42. The number of esters is 2. The van der Waals surface area contributed by atoms with Gasteiger partial charge in [-0.05, 0) is 43.2 Å². The van der Waals surface area contributed by atoms with Crippen LogP contribution in [0.1, 0.15) is 28.4 Å². The third-order valence-corrected chi connectivity index (χ3v) is 5.66. The summed E-state index contributed by atoms with van der Waals surface area (Å²) in [6.07, 6.45) is 2.86. The Kier molecular flexibility index (Phi) is 8.40. The second-order valence-corrected chi connectivity index (χ2v) is 8.30. The first-order valence-electron chi connectivity index (χ1n) is 10.1. The Labute approximate surface area is 200 Å². The first kappa shape index (κ1) is 24.2. The molecule has 3 aromatic rings. The number of nitrogens with one attached hydrogen (secondary N) is 1. The maximum absolute atomic E-state index is 12.6. The molecule has 3 rings (SSSR count). The van der Waals surface area contributed by atoms with Gasteiger partial charge in [-0.25, -0.2) is 9.59 Å². The molecule has 0 fully saturated rings. The largest absolute Gasteiger partial charge is 0.462 e. The lowest BCUT2D eigenvalue weighted by molar-refractivity contribution is -0.142. The first-order valence-corrected chi connectivity index (χ1v) is 11.4. The van der Waals surface area contributed by atoms with Crippen molar-refractivity contribution in [1.29, 1.82) is 0 Å². The topological polar surface area (TPSA) is 81.7 Å². The minimum Gasteiger partial charge on any atom is -0.462 e. The molecule has 1 amide bonds. The third-order valence-electron chi connectivity index (χ3n) is 4.51. The fourth-order valence-electron chi connectivity index (χ4n) is 2.89. The van der Waals surface area contributed by atoms with Crippen molar-refractivity contribution in [3.05, 3.63) is 81.7 Å². The predicted octanol–water partition coefficient (Wildman–Crippen LogP) is 5.75. The minimum absolute atomic E-state index is 0.188. The van der Waals surface area contributed by atoms with Gasteiger partial charge < -0.3 is 14.8 Å². The van der Waals surface area contributed by atoms with E-state index >= 15 is 0 Å². The molecule has 0 spiro atoms. The summed E-state index contributed by atoms with van der Waals surface area (Å²) in [6.45, 7) is 3.37. The molecule has 0 aliphatic heterocycles. The molecule has 8 heteroatoms. The molecule has 0 radical (unpaired) electrons. The molecule has 2 aromatic carbocycles. The Morgan fingerprint density at radius 2 is 1.73 bits per heavy atom. The molecule has 0 unspecified atom stereocenters. The SMILES string of the molecule is CCOC(=O)c1c(-c2ccc(Cl)cc2)csc1NC(=O)COC(=O)/C=C/c1ccc(C)cc1. The average molecular weight is 484 g/mol. The summed E-state index contributed by atoms with van der Waals surface area (Å²) in [4.78, 5) is 36.9. The van der Waals surface area contributed by atoms with Crippen LogP contribution in [0.4, 0.5) is 5.00 Å². The number of ether oxygens (including phenoxy) is 2. The summed E-state index contributed by atoms with van der Waals surface area (Å²) in [6, 6.07) is 14.6. The quantitative estimate of drug-likeness (QED) is 0.326. The Morgan fingerprint density at radius 3 is 2.39 bits per heavy atom. The van der Waals surface area contributed by atoms with Crippen molar-refractivity contribution in [3.63, 3.8) is 0 Å². The van der Waals surface area contributed by atoms with Gasteiger partial charge in [-0.1, -0.05) is 53.6 Å². The van der Waals surface area contributed by atoms with Gasteiger partial charge in [0.2, 0.25) is 0 Å². The summed E-state index contributed by atoms with van der Waals surface area (Å²) in [5.74, 6) is -1.77. The Bertz CT molecular complexity index is 1170. The Morgan fingerprint density at radius 1 is 1.03 bits per heavy atom. The van der Waals surface area contributed by atoms with Gasteiger partial charge in [0.25, 0.3) is 5.91 Å². The molecule has 0 saturated heterocycles. The summed E-state index contributed by atoms with van der Waals surface area (Å²) in [5.41, 5.74) is 3.56. The van der Waals surface area contributed by atoms with Gasteiger partial charge in [0.15, 0.2) is 6.61 Å². The lowest BCUT2D eigenvalue weighted by Crippen LogP contribution is -2.21. The van der Waals surface area contributed by atoms with Gasteiger partial charge in [0.1, 0.15) is 10.6 Å². The minimum atomic E-state index is -0.649. The van der Waals surface area contributed by atoms with Crippen LogP contribution in [0.25, 0.3) is 17.2 Å². The van der Waals surface area contributed by atoms with E-state index in [-0.39, 0.29) is 12.2 Å². The Balaban J connectivity index is 1.67. The number of aryl methyl sites for hydroxylation is 1. The lowest BCUT2D eigenvalue weighted by atomic mass is 10.0. The number of carbonyl (C=O) groups excluding carboxylic acids is 3. The van der Waals surface area contributed by atoms with Crippen molar-refractivity contribution in [2.45, 2.75) is 13.8 Å². The molecule has 1 heterocycles. The molecule has 1 N–H and O–H groups in total. The predicted molar refractivity (Wildman–Crippen MR) is 131 cm³/mol. The number of anilines is 1. The molecule has 0 atom stereocenters. The molecular formula is C25H22ClNO5S. The van der Waals surface area contributed by atoms with E-state index in [4.69, 9.17) is 21.1 Å². The van der Waals surface area contributed by atoms with Crippen molar-refractivity contribution < 1.29 is 23.9 Å². The highest BCUT2D eigenvalue weighted by Gasteiger charge is 2.23. The van der Waals surface area contributed by atoms with E-state index in [0.29, 0.717) is 15.6 Å². The second-order valence-electron chi connectivity index (χ2n) is 6.98. The van der Waals surface area contributed by atoms with Crippen LogP contribution >= 0.6 is 22.9 Å². The van der Waals surface area contributed by atoms with Crippen LogP contribution < -0.4 is 5.32 Å². The van der Waals surface area contributed by atoms with E-state index in [2.05, 4.69) is 5.32 Å². The van der Waals surface area contributed by atoms with Gasteiger partial charge in [-0.15, -0.1) is 11.3 Å². The van der Waals surface area contributed by atoms with E-state index in [1.165, 1.54) is 17.4 Å². The van der Waals surface area contributed by atoms with Crippen molar-refractivity contribution in [3.8, 4) is 11.1 Å². The smallest absolute Gasteiger partial charge is 0.341 e. The van der Waals surface area contributed by atoms with Crippen LogP contribution in [0.15, 0.2) is 60.0 Å². The van der Waals surface area contributed by atoms with Crippen molar-refractivity contribution >= 4 is 51.9 Å². The van der Waals surface area contributed by atoms with Crippen LogP contribution in [0, 0.1) is 6.92 Å². The maximum atomic E-state index is 12.6. The van der Waals surface area contributed by atoms with Gasteiger partial charge in [-0.3, -0.25) is 4.79 Å². The fraction of sp³-hybridized carbons (Fsp3) is 0.160. The van der Waals surface area contributed by atoms with Crippen molar-refractivity contribution in [2.75, 3.05) is 18.5 Å². The van der Waals surface area contributed by atoms with Gasteiger partial charge in [0.05, 0.1) is 6.61 Å².